The van der Waals surface area contributed by atoms with Crippen LogP contribution in [0.2, 0.25) is 0 Å². The molecule has 1 aromatic heterocycles. The molecule has 0 spiro atoms. The average molecular weight is 269 g/mol. The van der Waals surface area contributed by atoms with Gasteiger partial charge < -0.3 is 4.55 Å². The van der Waals surface area contributed by atoms with Crippen LogP contribution in [0.3, 0.4) is 0 Å². The second-order valence-electron chi connectivity index (χ2n) is 3.67. The summed E-state index contributed by atoms with van der Waals surface area (Å²) in [6, 6.07) is 10.6. The third kappa shape index (κ3) is 4.06. The molecular weight excluding hydrogens is 254 g/mol. The van der Waals surface area contributed by atoms with Gasteiger partial charge in [-0.3, -0.25) is 4.18 Å². The molecule has 2 aromatic rings. The fourth-order valence-electron chi connectivity index (χ4n) is 1.47. The SMILES string of the molecule is COS(=O)(=O)[O-].Cc1c2ccccc2cc[n+]1C. The van der Waals surface area contributed by atoms with Crippen LogP contribution in [-0.4, -0.2) is 20.1 Å². The van der Waals surface area contributed by atoms with Gasteiger partial charge in [-0.05, 0) is 11.5 Å². The molecule has 0 fully saturated rings. The van der Waals surface area contributed by atoms with Gasteiger partial charge >= 0.3 is 0 Å². The van der Waals surface area contributed by atoms with Gasteiger partial charge in [-0.15, -0.1) is 0 Å². The molecule has 0 aliphatic heterocycles. The Balaban J connectivity index is 0.000000232. The molecule has 2 rings (SSSR count). The summed E-state index contributed by atoms with van der Waals surface area (Å²) < 4.78 is 33.2. The van der Waals surface area contributed by atoms with E-state index < -0.39 is 10.4 Å². The van der Waals surface area contributed by atoms with Gasteiger partial charge in [0.15, 0.2) is 11.9 Å². The summed E-state index contributed by atoms with van der Waals surface area (Å²) in [5, 5.41) is 2.65. The van der Waals surface area contributed by atoms with E-state index in [-0.39, 0.29) is 0 Å². The van der Waals surface area contributed by atoms with Crippen molar-refractivity contribution in [3.8, 4) is 0 Å². The first kappa shape index (κ1) is 14.6. The average Bonchev–Trinajstić information content (AvgIpc) is 2.34. The minimum atomic E-state index is -4.41. The normalized spacial score (nSPS) is 10.9. The molecule has 1 heterocycles. The van der Waals surface area contributed by atoms with Crippen LogP contribution in [0.4, 0.5) is 0 Å². The minimum Gasteiger partial charge on any atom is -0.726 e. The summed E-state index contributed by atoms with van der Waals surface area (Å²) in [6.45, 7) is 2.14. The number of aryl methyl sites for hydroxylation is 2. The third-order valence-corrected chi connectivity index (χ3v) is 2.97. The number of hydrogen-bond donors (Lipinski definition) is 0. The summed E-state index contributed by atoms with van der Waals surface area (Å²) in [6.07, 6.45) is 2.09. The summed E-state index contributed by atoms with van der Waals surface area (Å²) in [7, 11) is -1.53. The van der Waals surface area contributed by atoms with Gasteiger partial charge in [0, 0.05) is 18.4 Å². The first-order chi connectivity index (χ1) is 8.35. The van der Waals surface area contributed by atoms with E-state index in [2.05, 4.69) is 59.3 Å². The molecule has 0 aliphatic carbocycles. The molecule has 6 heteroatoms. The van der Waals surface area contributed by atoms with Crippen molar-refractivity contribution < 1.29 is 21.7 Å². The van der Waals surface area contributed by atoms with Gasteiger partial charge in [-0.1, -0.05) is 18.2 Å². The molecule has 0 saturated heterocycles. The fraction of sp³-hybridized carbons (Fsp3) is 0.250. The van der Waals surface area contributed by atoms with E-state index in [9.17, 15) is 13.0 Å². The molecule has 0 unspecified atom stereocenters. The predicted octanol–water partition coefficient (Wildman–Crippen LogP) is 1.07. The van der Waals surface area contributed by atoms with E-state index in [1.165, 1.54) is 16.5 Å². The minimum absolute atomic E-state index is 0.808. The van der Waals surface area contributed by atoms with Crippen LogP contribution in [-0.2, 0) is 21.6 Å². The lowest BCUT2D eigenvalue weighted by atomic mass is 10.1. The van der Waals surface area contributed by atoms with E-state index in [0.29, 0.717) is 0 Å². The Kier molecular flexibility index (Phi) is 4.77. The molecule has 1 aromatic carbocycles. The highest BCUT2D eigenvalue weighted by Gasteiger charge is 2.04. The zero-order valence-electron chi connectivity index (χ0n) is 10.5. The van der Waals surface area contributed by atoms with Gasteiger partial charge in [-0.2, -0.15) is 0 Å². The Morgan fingerprint density at radius 3 is 2.33 bits per heavy atom. The maximum atomic E-state index is 9.22. The topological polar surface area (TPSA) is 70.3 Å². The molecular formula is C12H15NO4S. The third-order valence-electron chi connectivity index (χ3n) is 2.56. The lowest BCUT2D eigenvalue weighted by Gasteiger charge is -1.98. The monoisotopic (exact) mass is 269 g/mol. The smallest absolute Gasteiger partial charge is 0.217 e. The van der Waals surface area contributed by atoms with Crippen molar-refractivity contribution in [2.45, 2.75) is 6.92 Å². The van der Waals surface area contributed by atoms with E-state index in [1.54, 1.807) is 0 Å². The number of hydrogen-bond acceptors (Lipinski definition) is 4. The lowest BCUT2D eigenvalue weighted by molar-refractivity contribution is -0.676. The Labute approximate surface area is 107 Å². The molecule has 0 saturated carbocycles. The quantitative estimate of drug-likeness (QED) is 0.441. The Morgan fingerprint density at radius 2 is 1.78 bits per heavy atom. The molecule has 0 N–H and O–H groups in total. The van der Waals surface area contributed by atoms with Gasteiger partial charge in [-0.25, -0.2) is 13.0 Å². The van der Waals surface area contributed by atoms with Gasteiger partial charge in [0.2, 0.25) is 10.4 Å². The van der Waals surface area contributed by atoms with Gasteiger partial charge in [0.25, 0.3) is 0 Å². The number of rotatable bonds is 1. The molecule has 0 atom stereocenters. The number of aromatic nitrogens is 1. The summed E-state index contributed by atoms with van der Waals surface area (Å²) in [5.74, 6) is 0. The molecule has 18 heavy (non-hydrogen) atoms. The van der Waals surface area contributed by atoms with E-state index in [0.717, 1.165) is 7.11 Å². The summed E-state index contributed by atoms with van der Waals surface area (Å²) in [5.41, 5.74) is 1.31. The van der Waals surface area contributed by atoms with Crippen molar-refractivity contribution in [1.82, 2.24) is 0 Å². The van der Waals surface area contributed by atoms with Gasteiger partial charge in [0.05, 0.1) is 7.11 Å². The lowest BCUT2D eigenvalue weighted by Crippen LogP contribution is -2.30. The Hall–Kier alpha value is -1.50. The van der Waals surface area contributed by atoms with Crippen LogP contribution < -0.4 is 4.57 Å². The molecule has 0 aliphatic rings. The number of fused-ring (bicyclic) bond motifs is 1. The highest BCUT2D eigenvalue weighted by atomic mass is 32.3. The predicted molar refractivity (Wildman–Crippen MR) is 66.6 cm³/mol. The Morgan fingerprint density at radius 1 is 1.22 bits per heavy atom. The first-order valence-corrected chi connectivity index (χ1v) is 6.54. The second-order valence-corrected chi connectivity index (χ2v) is 4.82. The van der Waals surface area contributed by atoms with Crippen molar-refractivity contribution in [1.29, 1.82) is 0 Å². The van der Waals surface area contributed by atoms with E-state index in [1.807, 2.05) is 0 Å². The van der Waals surface area contributed by atoms with Crippen LogP contribution in [0.1, 0.15) is 5.69 Å². The largest absolute Gasteiger partial charge is 0.726 e. The van der Waals surface area contributed by atoms with Crippen molar-refractivity contribution in [2.24, 2.45) is 7.05 Å². The van der Waals surface area contributed by atoms with E-state index in [4.69, 9.17) is 0 Å². The second kappa shape index (κ2) is 5.90. The molecule has 0 radical (unpaired) electrons. The number of pyridine rings is 1. The van der Waals surface area contributed by atoms with Crippen molar-refractivity contribution in [3.63, 3.8) is 0 Å². The fourth-order valence-corrected chi connectivity index (χ4v) is 1.47. The molecule has 5 nitrogen and oxygen atoms in total. The van der Waals surface area contributed by atoms with Crippen LogP contribution in [0, 0.1) is 6.92 Å². The maximum absolute atomic E-state index is 9.22. The zero-order chi connectivity index (χ0) is 13.8. The van der Waals surface area contributed by atoms with Crippen LogP contribution in [0.15, 0.2) is 36.5 Å². The molecule has 98 valence electrons. The van der Waals surface area contributed by atoms with Crippen molar-refractivity contribution in [2.75, 3.05) is 7.11 Å². The van der Waals surface area contributed by atoms with Crippen molar-refractivity contribution >= 4 is 21.2 Å². The van der Waals surface area contributed by atoms with Crippen LogP contribution in [0.25, 0.3) is 10.8 Å². The first-order valence-electron chi connectivity index (χ1n) is 5.20. The van der Waals surface area contributed by atoms with E-state index >= 15 is 0 Å². The van der Waals surface area contributed by atoms with Crippen molar-refractivity contribution in [3.05, 3.63) is 42.2 Å². The number of benzene rings is 1. The highest BCUT2D eigenvalue weighted by Crippen LogP contribution is 2.13. The maximum Gasteiger partial charge on any atom is 0.217 e. The molecule has 0 bridgehead atoms. The Bertz CT molecular complexity index is 638. The van der Waals surface area contributed by atoms with Crippen LogP contribution in [0.5, 0.6) is 0 Å². The summed E-state index contributed by atoms with van der Waals surface area (Å²) >= 11 is 0. The summed E-state index contributed by atoms with van der Waals surface area (Å²) in [4.78, 5) is 0. The highest BCUT2D eigenvalue weighted by molar-refractivity contribution is 7.80. The van der Waals surface area contributed by atoms with Gasteiger partial charge in [0.1, 0.15) is 7.05 Å². The standard InChI is InChI=1S/C11H12N.CH4O4S/c1-9-11-6-4-3-5-10(11)7-8-12(9)2;1-5-6(2,3)4/h3-8H,1-2H3;1H3,(H,2,3,4)/q+1;/p-1. The van der Waals surface area contributed by atoms with Crippen LogP contribution >= 0.6 is 0 Å². The zero-order valence-corrected chi connectivity index (χ0v) is 11.3. The number of nitrogens with zero attached hydrogens (tertiary/aromatic N) is 1. The molecule has 0 amide bonds.